The van der Waals surface area contributed by atoms with Crippen molar-refractivity contribution in [2.75, 3.05) is 0 Å². The summed E-state index contributed by atoms with van der Waals surface area (Å²) >= 11 is 0. The van der Waals surface area contributed by atoms with Gasteiger partial charge in [-0.25, -0.2) is 8.42 Å². The predicted molar refractivity (Wildman–Crippen MR) is 108 cm³/mol. The van der Waals surface area contributed by atoms with Crippen molar-refractivity contribution in [2.24, 2.45) is 0 Å². The maximum atomic E-state index is 12.4. The van der Waals surface area contributed by atoms with E-state index in [1.807, 2.05) is 12.1 Å². The van der Waals surface area contributed by atoms with E-state index in [0.717, 1.165) is 5.56 Å². The zero-order valence-corrected chi connectivity index (χ0v) is 17.4. The highest BCUT2D eigenvalue weighted by Gasteiger charge is 2.23. The zero-order valence-electron chi connectivity index (χ0n) is 16.5. The number of hydrogen-bond donors (Lipinski definition) is 1. The molecular weight excluding hydrogens is 390 g/mol. The van der Waals surface area contributed by atoms with E-state index >= 15 is 0 Å². The molecule has 8 heteroatoms. The fourth-order valence-corrected chi connectivity index (χ4v) is 3.81. The molecule has 152 valence electrons. The van der Waals surface area contributed by atoms with Gasteiger partial charge in [-0.3, -0.25) is 4.79 Å². The monoisotopic (exact) mass is 413 g/mol. The van der Waals surface area contributed by atoms with Crippen LogP contribution in [0.1, 0.15) is 48.1 Å². The summed E-state index contributed by atoms with van der Waals surface area (Å²) in [5, 5.41) is 9.54. The van der Waals surface area contributed by atoms with E-state index in [2.05, 4.69) is 36.3 Å². The van der Waals surface area contributed by atoms with E-state index in [9.17, 15) is 13.2 Å². The Bertz CT molecular complexity index is 1080. The normalized spacial score (nSPS) is 12.0. The Kier molecular flexibility index (Phi) is 5.83. The van der Waals surface area contributed by atoms with E-state index in [-0.39, 0.29) is 29.5 Å². The van der Waals surface area contributed by atoms with Gasteiger partial charge in [-0.2, -0.15) is 0 Å². The van der Waals surface area contributed by atoms with Gasteiger partial charge in [0, 0.05) is 5.56 Å². The van der Waals surface area contributed by atoms with Crippen LogP contribution < -0.4 is 5.32 Å². The van der Waals surface area contributed by atoms with Crippen LogP contribution in [0.5, 0.6) is 0 Å². The summed E-state index contributed by atoms with van der Waals surface area (Å²) in [5.74, 6) is -0.518. The van der Waals surface area contributed by atoms with E-state index in [1.165, 1.54) is 0 Å². The Hall–Kier alpha value is -3.00. The Morgan fingerprint density at radius 1 is 1.00 bits per heavy atom. The van der Waals surface area contributed by atoms with E-state index in [1.54, 1.807) is 42.5 Å². The van der Waals surface area contributed by atoms with Crippen molar-refractivity contribution in [3.63, 3.8) is 0 Å². The highest BCUT2D eigenvalue weighted by Crippen LogP contribution is 2.22. The molecule has 29 heavy (non-hydrogen) atoms. The minimum atomic E-state index is -3.75. The Balaban J connectivity index is 1.62. The number of rotatable bonds is 6. The first-order valence-corrected chi connectivity index (χ1v) is 10.8. The van der Waals surface area contributed by atoms with Gasteiger partial charge in [0.2, 0.25) is 15.7 Å². The van der Waals surface area contributed by atoms with Crippen molar-refractivity contribution in [3.05, 3.63) is 77.2 Å². The fraction of sp³-hybridized carbons (Fsp3) is 0.286. The molecule has 1 N–H and O–H groups in total. The highest BCUT2D eigenvalue weighted by atomic mass is 32.2. The lowest BCUT2D eigenvalue weighted by Crippen LogP contribution is -2.23. The molecule has 0 fully saturated rings. The summed E-state index contributed by atoms with van der Waals surface area (Å²) in [6.45, 7) is 6.23. The van der Waals surface area contributed by atoms with Gasteiger partial charge in [0.1, 0.15) is 0 Å². The quantitative estimate of drug-likeness (QED) is 0.665. The average molecular weight is 413 g/mol. The second-order valence-corrected chi connectivity index (χ2v) is 9.58. The third-order valence-electron chi connectivity index (χ3n) is 4.33. The molecule has 2 aromatic carbocycles. The van der Waals surface area contributed by atoms with Crippen LogP contribution in [0.4, 0.5) is 0 Å². The molecule has 0 aliphatic carbocycles. The molecule has 0 bridgehead atoms. The van der Waals surface area contributed by atoms with E-state index in [4.69, 9.17) is 4.42 Å². The lowest BCUT2D eigenvalue weighted by Gasteiger charge is -2.18. The third-order valence-corrected chi connectivity index (χ3v) is 5.74. The topological polar surface area (TPSA) is 102 Å². The molecule has 0 aliphatic heterocycles. The number of amides is 1. The van der Waals surface area contributed by atoms with Gasteiger partial charge in [0.15, 0.2) is 0 Å². The second kappa shape index (κ2) is 8.16. The number of nitrogens with zero attached hydrogens (tertiary/aromatic N) is 2. The van der Waals surface area contributed by atoms with Crippen LogP contribution in [-0.2, 0) is 27.5 Å². The maximum absolute atomic E-state index is 12.4. The van der Waals surface area contributed by atoms with Crippen molar-refractivity contribution in [1.29, 1.82) is 0 Å². The predicted octanol–water partition coefficient (Wildman–Crippen LogP) is 3.27. The van der Waals surface area contributed by atoms with Gasteiger partial charge in [0.25, 0.3) is 5.91 Å². The molecule has 0 spiro atoms. The smallest absolute Gasteiger partial charge is 0.335 e. The van der Waals surface area contributed by atoms with Crippen LogP contribution in [0.15, 0.2) is 64.2 Å². The number of carbonyl (C=O) groups excluding carboxylic acids is 1. The number of hydrogen-bond acceptors (Lipinski definition) is 6. The first-order valence-electron chi connectivity index (χ1n) is 9.13. The number of nitrogens with one attached hydrogen (secondary N) is 1. The second-order valence-electron chi connectivity index (χ2n) is 7.72. The molecule has 0 saturated heterocycles. The lowest BCUT2D eigenvalue weighted by molar-refractivity contribution is 0.0946. The summed E-state index contributed by atoms with van der Waals surface area (Å²) in [5.41, 5.74) is 2.24. The number of carbonyl (C=O) groups is 1. The summed E-state index contributed by atoms with van der Waals surface area (Å²) in [6, 6.07) is 16.1. The van der Waals surface area contributed by atoms with E-state index in [0.29, 0.717) is 11.1 Å². The molecule has 3 rings (SSSR count). The van der Waals surface area contributed by atoms with Crippen LogP contribution in [0.25, 0.3) is 0 Å². The van der Waals surface area contributed by atoms with Gasteiger partial charge in [-0.1, -0.05) is 68.3 Å². The average Bonchev–Trinajstić information content (AvgIpc) is 3.16. The van der Waals surface area contributed by atoms with E-state index < -0.39 is 15.1 Å². The van der Waals surface area contributed by atoms with Gasteiger partial charge in [0.05, 0.1) is 12.3 Å². The zero-order chi connectivity index (χ0) is 21.1. The summed E-state index contributed by atoms with van der Waals surface area (Å²) in [6.07, 6.45) is 0. The van der Waals surface area contributed by atoms with Crippen LogP contribution >= 0.6 is 0 Å². The molecule has 3 aromatic rings. The molecule has 1 aromatic heterocycles. The highest BCUT2D eigenvalue weighted by molar-refractivity contribution is 7.90. The third kappa shape index (κ3) is 5.29. The van der Waals surface area contributed by atoms with Crippen LogP contribution in [-0.4, -0.2) is 24.5 Å². The lowest BCUT2D eigenvalue weighted by atomic mass is 9.87. The van der Waals surface area contributed by atoms with Crippen LogP contribution in [0, 0.1) is 0 Å². The Morgan fingerprint density at radius 2 is 1.66 bits per heavy atom. The van der Waals surface area contributed by atoms with Gasteiger partial charge in [-0.05, 0) is 28.7 Å². The molecule has 1 heterocycles. The number of aromatic nitrogens is 2. The first-order chi connectivity index (χ1) is 13.6. The molecule has 0 unspecified atom stereocenters. The molecule has 0 saturated carbocycles. The van der Waals surface area contributed by atoms with Crippen molar-refractivity contribution in [3.8, 4) is 0 Å². The molecule has 7 nitrogen and oxygen atoms in total. The van der Waals surface area contributed by atoms with Gasteiger partial charge >= 0.3 is 5.22 Å². The largest absolute Gasteiger partial charge is 0.411 e. The van der Waals surface area contributed by atoms with Crippen LogP contribution in [0.2, 0.25) is 0 Å². The minimum absolute atomic E-state index is 0.000403. The first kappa shape index (κ1) is 20.7. The fourth-order valence-electron chi connectivity index (χ4n) is 2.67. The van der Waals surface area contributed by atoms with Crippen molar-refractivity contribution in [2.45, 2.75) is 43.7 Å². The van der Waals surface area contributed by atoms with Crippen molar-refractivity contribution < 1.29 is 17.6 Å². The molecule has 1 amide bonds. The Morgan fingerprint density at radius 3 is 2.28 bits per heavy atom. The van der Waals surface area contributed by atoms with Crippen molar-refractivity contribution in [1.82, 2.24) is 15.5 Å². The standard InChI is InChI=1S/C21H23N3O4S/c1-21(2,3)17-11-9-16(10-12-17)19(25)22-13-18-23-24-20(28-18)29(26,27)14-15-7-5-4-6-8-15/h4-12H,13-14H2,1-3H3,(H,22,25). The van der Waals surface area contributed by atoms with Gasteiger partial charge < -0.3 is 9.73 Å². The summed E-state index contributed by atoms with van der Waals surface area (Å²) in [7, 11) is -3.75. The maximum Gasteiger partial charge on any atom is 0.335 e. The molecular formula is C21H23N3O4S. The summed E-state index contributed by atoms with van der Waals surface area (Å²) in [4.78, 5) is 12.3. The van der Waals surface area contributed by atoms with Gasteiger partial charge in [-0.15, -0.1) is 5.10 Å². The molecule has 0 aliphatic rings. The molecule has 0 radical (unpaired) electrons. The number of sulfone groups is 1. The number of benzene rings is 2. The SMILES string of the molecule is CC(C)(C)c1ccc(C(=O)NCc2nnc(S(=O)(=O)Cc3ccccc3)o2)cc1. The van der Waals surface area contributed by atoms with Crippen molar-refractivity contribution >= 4 is 15.7 Å². The van der Waals surface area contributed by atoms with Crippen LogP contribution in [0.3, 0.4) is 0 Å². The Labute approximate surface area is 170 Å². The minimum Gasteiger partial charge on any atom is -0.411 e. The summed E-state index contributed by atoms with van der Waals surface area (Å²) < 4.78 is 30.1. The molecule has 0 atom stereocenters.